The number of hydrogen-bond acceptors (Lipinski definition) is 7. The van der Waals surface area contributed by atoms with E-state index in [1.165, 1.54) is 19.4 Å². The Morgan fingerprint density at radius 3 is 2.30 bits per heavy atom. The van der Waals surface area contributed by atoms with Gasteiger partial charge in [-0.3, -0.25) is 14.4 Å². The lowest BCUT2D eigenvalue weighted by atomic mass is 10.0. The third-order valence-corrected chi connectivity index (χ3v) is 4.20. The summed E-state index contributed by atoms with van der Waals surface area (Å²) in [5.74, 6) is -3.24. The zero-order valence-electron chi connectivity index (χ0n) is 17.2. The number of aliphatic hydroxyl groups excluding tert-OH is 1. The van der Waals surface area contributed by atoms with Gasteiger partial charge in [0.25, 0.3) is 0 Å². The molecule has 12 nitrogen and oxygen atoms in total. The molecule has 1 aromatic heterocycles. The van der Waals surface area contributed by atoms with Crippen LogP contribution in [-0.4, -0.2) is 74.6 Å². The Labute approximate surface area is 174 Å². The molecule has 1 rings (SSSR count). The van der Waals surface area contributed by atoms with Crippen molar-refractivity contribution in [2.45, 2.75) is 57.8 Å². The SMILES string of the molecule is CC(C)CC(NC(=O)C(Cc1cnc[nH]1)NC(=O)CNC(=O)C(N)C(C)O)C(=O)O. The Hall–Kier alpha value is -2.99. The Kier molecular flexibility index (Phi) is 9.92. The third kappa shape index (κ3) is 8.57. The number of imidazole rings is 1. The molecule has 4 unspecified atom stereocenters. The van der Waals surface area contributed by atoms with E-state index < -0.39 is 54.5 Å². The molecule has 4 atom stereocenters. The first-order valence-electron chi connectivity index (χ1n) is 9.52. The smallest absolute Gasteiger partial charge is 0.326 e. The average molecular weight is 426 g/mol. The van der Waals surface area contributed by atoms with E-state index in [0.29, 0.717) is 5.69 Å². The number of nitrogens with one attached hydrogen (secondary N) is 4. The molecule has 0 aliphatic rings. The van der Waals surface area contributed by atoms with E-state index in [1.54, 1.807) is 0 Å². The minimum Gasteiger partial charge on any atom is -0.480 e. The van der Waals surface area contributed by atoms with E-state index in [4.69, 9.17) is 5.73 Å². The molecule has 30 heavy (non-hydrogen) atoms. The predicted octanol–water partition coefficient (Wildman–Crippen LogP) is -2.12. The number of carboxylic acids is 1. The maximum Gasteiger partial charge on any atom is 0.326 e. The topological polar surface area (TPSA) is 200 Å². The molecule has 0 aliphatic heterocycles. The van der Waals surface area contributed by atoms with E-state index in [2.05, 4.69) is 25.9 Å². The highest BCUT2D eigenvalue weighted by atomic mass is 16.4. The number of aliphatic carboxylic acids is 1. The summed E-state index contributed by atoms with van der Waals surface area (Å²) in [6.45, 7) is 4.52. The minimum atomic E-state index is -1.20. The van der Waals surface area contributed by atoms with Gasteiger partial charge in [0, 0.05) is 18.3 Å². The van der Waals surface area contributed by atoms with Gasteiger partial charge in [-0.2, -0.15) is 0 Å². The standard InChI is InChI=1S/C18H30N6O6/c1-9(2)4-13(18(29)30)24-16(27)12(5-11-6-20-8-22-11)23-14(26)7-21-17(28)15(19)10(3)25/h6,8-10,12-13,15,25H,4-5,7,19H2,1-3H3,(H,20,22)(H,21,28)(H,23,26)(H,24,27)(H,29,30). The molecular weight excluding hydrogens is 396 g/mol. The van der Waals surface area contributed by atoms with Crippen LogP contribution in [0.3, 0.4) is 0 Å². The van der Waals surface area contributed by atoms with Gasteiger partial charge in [-0.05, 0) is 19.3 Å². The summed E-state index contributed by atoms with van der Waals surface area (Å²) in [5.41, 5.74) is 6.03. The van der Waals surface area contributed by atoms with Crippen molar-refractivity contribution in [2.75, 3.05) is 6.54 Å². The van der Waals surface area contributed by atoms with Crippen LogP contribution in [0.15, 0.2) is 12.5 Å². The van der Waals surface area contributed by atoms with E-state index in [-0.39, 0.29) is 18.8 Å². The summed E-state index contributed by atoms with van der Waals surface area (Å²) in [4.78, 5) is 54.7. The van der Waals surface area contributed by atoms with Gasteiger partial charge in [-0.25, -0.2) is 9.78 Å². The molecule has 0 saturated heterocycles. The Balaban J connectivity index is 2.79. The van der Waals surface area contributed by atoms with Gasteiger partial charge in [0.2, 0.25) is 17.7 Å². The molecule has 1 aromatic rings. The lowest BCUT2D eigenvalue weighted by Gasteiger charge is -2.22. The number of nitrogens with zero attached hydrogens (tertiary/aromatic N) is 1. The van der Waals surface area contributed by atoms with Crippen LogP contribution < -0.4 is 21.7 Å². The van der Waals surface area contributed by atoms with Crippen molar-refractivity contribution in [1.82, 2.24) is 25.9 Å². The molecule has 12 heteroatoms. The van der Waals surface area contributed by atoms with Crippen LogP contribution in [0.2, 0.25) is 0 Å². The van der Waals surface area contributed by atoms with Gasteiger partial charge in [-0.15, -0.1) is 0 Å². The van der Waals surface area contributed by atoms with Gasteiger partial charge in [0.15, 0.2) is 0 Å². The van der Waals surface area contributed by atoms with Crippen LogP contribution in [0.4, 0.5) is 0 Å². The zero-order chi connectivity index (χ0) is 22.8. The van der Waals surface area contributed by atoms with Crippen LogP contribution in [0.1, 0.15) is 32.9 Å². The zero-order valence-corrected chi connectivity index (χ0v) is 17.2. The minimum absolute atomic E-state index is 0.0281. The van der Waals surface area contributed by atoms with Gasteiger partial charge in [0.1, 0.15) is 18.1 Å². The van der Waals surface area contributed by atoms with Crippen LogP contribution in [0, 0.1) is 5.92 Å². The molecule has 1 heterocycles. The molecule has 168 valence electrons. The van der Waals surface area contributed by atoms with Crippen LogP contribution in [-0.2, 0) is 25.6 Å². The molecule has 0 aromatic carbocycles. The molecule has 8 N–H and O–H groups in total. The number of aromatic amines is 1. The number of H-pyrrole nitrogens is 1. The van der Waals surface area contributed by atoms with Crippen molar-refractivity contribution in [3.05, 3.63) is 18.2 Å². The molecular formula is C18H30N6O6. The van der Waals surface area contributed by atoms with Crippen LogP contribution >= 0.6 is 0 Å². The van der Waals surface area contributed by atoms with E-state index >= 15 is 0 Å². The number of amides is 3. The van der Waals surface area contributed by atoms with Gasteiger partial charge in [0.05, 0.1) is 19.0 Å². The van der Waals surface area contributed by atoms with E-state index in [0.717, 1.165) is 0 Å². The summed E-state index contributed by atoms with van der Waals surface area (Å²) in [6, 6.07) is -3.41. The van der Waals surface area contributed by atoms with Crippen LogP contribution in [0.5, 0.6) is 0 Å². The second-order valence-corrected chi connectivity index (χ2v) is 7.41. The first-order valence-corrected chi connectivity index (χ1v) is 9.52. The fourth-order valence-electron chi connectivity index (χ4n) is 2.54. The first kappa shape index (κ1) is 25.0. The number of rotatable bonds is 12. The monoisotopic (exact) mass is 426 g/mol. The molecule has 0 radical (unpaired) electrons. The summed E-state index contributed by atoms with van der Waals surface area (Å²) in [7, 11) is 0. The van der Waals surface area contributed by atoms with E-state index in [9.17, 15) is 29.4 Å². The van der Waals surface area contributed by atoms with E-state index in [1.807, 2.05) is 13.8 Å². The lowest BCUT2D eigenvalue weighted by molar-refractivity contribution is -0.142. The molecule has 0 spiro atoms. The van der Waals surface area contributed by atoms with Crippen molar-refractivity contribution in [3.8, 4) is 0 Å². The summed E-state index contributed by atoms with van der Waals surface area (Å²) in [5, 5.41) is 25.8. The maximum absolute atomic E-state index is 12.7. The third-order valence-electron chi connectivity index (χ3n) is 4.20. The van der Waals surface area contributed by atoms with Gasteiger partial charge < -0.3 is 36.9 Å². The number of aromatic nitrogens is 2. The number of nitrogens with two attached hydrogens (primary N) is 1. The van der Waals surface area contributed by atoms with Crippen molar-refractivity contribution in [3.63, 3.8) is 0 Å². The maximum atomic E-state index is 12.7. The molecule has 0 fully saturated rings. The van der Waals surface area contributed by atoms with Gasteiger partial charge >= 0.3 is 5.97 Å². The lowest BCUT2D eigenvalue weighted by Crippen LogP contribution is -2.55. The molecule has 0 bridgehead atoms. The second kappa shape index (κ2) is 11.9. The fourth-order valence-corrected chi connectivity index (χ4v) is 2.54. The molecule has 0 saturated carbocycles. The Morgan fingerprint density at radius 1 is 1.13 bits per heavy atom. The van der Waals surface area contributed by atoms with Crippen molar-refractivity contribution in [2.24, 2.45) is 11.7 Å². The number of carbonyl (C=O) groups excluding carboxylic acids is 3. The average Bonchev–Trinajstić information content (AvgIpc) is 3.16. The molecule has 3 amide bonds. The van der Waals surface area contributed by atoms with Crippen molar-refractivity contribution >= 4 is 23.7 Å². The predicted molar refractivity (Wildman–Crippen MR) is 106 cm³/mol. The highest BCUT2D eigenvalue weighted by Crippen LogP contribution is 2.06. The summed E-state index contributed by atoms with van der Waals surface area (Å²) in [6.07, 6.45) is 2.04. The fraction of sp³-hybridized carbons (Fsp3) is 0.611. The number of carbonyl (C=O) groups is 4. The Morgan fingerprint density at radius 2 is 1.80 bits per heavy atom. The summed E-state index contributed by atoms with van der Waals surface area (Å²) >= 11 is 0. The molecule has 0 aliphatic carbocycles. The number of hydrogen-bond donors (Lipinski definition) is 7. The largest absolute Gasteiger partial charge is 0.480 e. The highest BCUT2D eigenvalue weighted by Gasteiger charge is 2.28. The number of aliphatic hydroxyl groups is 1. The van der Waals surface area contributed by atoms with Crippen LogP contribution in [0.25, 0.3) is 0 Å². The van der Waals surface area contributed by atoms with Crippen molar-refractivity contribution in [1.29, 1.82) is 0 Å². The highest BCUT2D eigenvalue weighted by molar-refractivity contribution is 5.92. The number of carboxylic acid groups (broad SMARTS) is 1. The second-order valence-electron chi connectivity index (χ2n) is 7.41. The van der Waals surface area contributed by atoms with Gasteiger partial charge in [-0.1, -0.05) is 13.8 Å². The Bertz CT molecular complexity index is 721. The normalized spacial score (nSPS) is 15.0. The first-order chi connectivity index (χ1) is 14.0. The summed E-state index contributed by atoms with van der Waals surface area (Å²) < 4.78 is 0. The van der Waals surface area contributed by atoms with Crippen molar-refractivity contribution < 1.29 is 29.4 Å². The quantitative estimate of drug-likeness (QED) is 0.196.